The molecule has 0 unspecified atom stereocenters. The molecule has 2 aromatic carbocycles. The van der Waals surface area contributed by atoms with Crippen LogP contribution in [0.15, 0.2) is 53.0 Å². The van der Waals surface area contributed by atoms with Crippen molar-refractivity contribution in [3.05, 3.63) is 64.1 Å². The second-order valence-electron chi connectivity index (χ2n) is 7.06. The molecule has 0 spiro atoms. The fraction of sp³-hybridized carbons (Fsp3) is 0.273. The SMILES string of the molecule is CCc1ccc(NC(=O)COC(=O)[C@H]2CC(=O)N(NC(=O)c3ccc(Br)cc3)C2)cc1. The summed E-state index contributed by atoms with van der Waals surface area (Å²) in [6, 6.07) is 14.0. The first-order valence-electron chi connectivity index (χ1n) is 9.78. The first-order chi connectivity index (χ1) is 14.9. The lowest BCUT2D eigenvalue weighted by atomic mass is 10.1. The third-order valence-corrected chi connectivity index (χ3v) is 5.32. The normalized spacial score (nSPS) is 15.5. The molecule has 1 aliphatic heterocycles. The number of ether oxygens (including phenoxy) is 1. The van der Waals surface area contributed by atoms with E-state index in [0.29, 0.717) is 11.3 Å². The summed E-state index contributed by atoms with van der Waals surface area (Å²) in [6.07, 6.45) is 0.798. The molecule has 9 heteroatoms. The Kier molecular flexibility index (Phi) is 7.41. The lowest BCUT2D eigenvalue weighted by molar-refractivity contribution is -0.151. The molecule has 1 aliphatic rings. The molecule has 8 nitrogen and oxygen atoms in total. The average Bonchev–Trinajstić information content (AvgIpc) is 3.13. The van der Waals surface area contributed by atoms with Crippen molar-refractivity contribution in [2.45, 2.75) is 19.8 Å². The quantitative estimate of drug-likeness (QED) is 0.584. The molecule has 1 saturated heterocycles. The minimum Gasteiger partial charge on any atom is -0.455 e. The highest BCUT2D eigenvalue weighted by Crippen LogP contribution is 2.18. The Morgan fingerprint density at radius 1 is 1.10 bits per heavy atom. The minimum absolute atomic E-state index is 0.0139. The Morgan fingerprint density at radius 2 is 1.77 bits per heavy atom. The third-order valence-electron chi connectivity index (χ3n) is 4.79. The Labute approximate surface area is 188 Å². The molecule has 2 N–H and O–H groups in total. The van der Waals surface area contributed by atoms with Gasteiger partial charge in [-0.1, -0.05) is 35.0 Å². The number of halogens is 1. The fourth-order valence-electron chi connectivity index (χ4n) is 3.04. The molecule has 1 atom stereocenters. The summed E-state index contributed by atoms with van der Waals surface area (Å²) >= 11 is 3.29. The molecule has 0 saturated carbocycles. The van der Waals surface area contributed by atoms with Gasteiger partial charge in [0, 0.05) is 22.1 Å². The standard InChI is InChI=1S/C22H22BrN3O5/c1-2-14-3-9-18(10-4-14)24-19(27)13-31-22(30)16-11-20(28)26(12-16)25-21(29)15-5-7-17(23)8-6-15/h3-10,16H,2,11-13H2,1H3,(H,24,27)(H,25,29)/t16-/m0/s1. The van der Waals surface area contributed by atoms with E-state index in [-0.39, 0.29) is 13.0 Å². The van der Waals surface area contributed by atoms with E-state index < -0.39 is 36.2 Å². The van der Waals surface area contributed by atoms with Crippen molar-refractivity contribution in [2.24, 2.45) is 5.92 Å². The maximum Gasteiger partial charge on any atom is 0.311 e. The highest BCUT2D eigenvalue weighted by atomic mass is 79.9. The van der Waals surface area contributed by atoms with Crippen molar-refractivity contribution in [3.8, 4) is 0 Å². The average molecular weight is 488 g/mol. The van der Waals surface area contributed by atoms with Gasteiger partial charge in [-0.2, -0.15) is 0 Å². The van der Waals surface area contributed by atoms with E-state index >= 15 is 0 Å². The van der Waals surface area contributed by atoms with E-state index in [9.17, 15) is 19.2 Å². The van der Waals surface area contributed by atoms with Crippen LogP contribution < -0.4 is 10.7 Å². The number of benzene rings is 2. The third kappa shape index (κ3) is 6.14. The molecule has 162 valence electrons. The van der Waals surface area contributed by atoms with E-state index in [2.05, 4.69) is 26.7 Å². The first-order valence-corrected chi connectivity index (χ1v) is 10.6. The number of anilines is 1. The van der Waals surface area contributed by atoms with Crippen LogP contribution in [0.25, 0.3) is 0 Å². The molecule has 0 aromatic heterocycles. The largest absolute Gasteiger partial charge is 0.455 e. The molecular weight excluding hydrogens is 466 g/mol. The topological polar surface area (TPSA) is 105 Å². The van der Waals surface area contributed by atoms with Gasteiger partial charge in [-0.3, -0.25) is 29.6 Å². The van der Waals surface area contributed by atoms with Gasteiger partial charge in [0.2, 0.25) is 5.91 Å². The second-order valence-corrected chi connectivity index (χ2v) is 7.98. The van der Waals surface area contributed by atoms with Gasteiger partial charge in [0.05, 0.1) is 12.5 Å². The maximum atomic E-state index is 12.3. The van der Waals surface area contributed by atoms with E-state index in [1.54, 1.807) is 36.4 Å². The van der Waals surface area contributed by atoms with Crippen molar-refractivity contribution >= 4 is 45.3 Å². The van der Waals surface area contributed by atoms with E-state index in [1.165, 1.54) is 0 Å². The van der Waals surface area contributed by atoms with Crippen LogP contribution in [0.1, 0.15) is 29.3 Å². The minimum atomic E-state index is -0.755. The van der Waals surface area contributed by atoms with Crippen LogP contribution in [0.4, 0.5) is 5.69 Å². The van der Waals surface area contributed by atoms with Crippen LogP contribution >= 0.6 is 15.9 Å². The highest BCUT2D eigenvalue weighted by molar-refractivity contribution is 9.10. The lowest BCUT2D eigenvalue weighted by Gasteiger charge is -2.17. The van der Waals surface area contributed by atoms with Gasteiger partial charge in [-0.05, 0) is 48.4 Å². The molecule has 0 aliphatic carbocycles. The van der Waals surface area contributed by atoms with Crippen molar-refractivity contribution in [1.82, 2.24) is 10.4 Å². The number of hydrogen-bond donors (Lipinski definition) is 2. The highest BCUT2D eigenvalue weighted by Gasteiger charge is 2.36. The Hall–Kier alpha value is -3.20. The zero-order chi connectivity index (χ0) is 22.4. The van der Waals surface area contributed by atoms with Crippen molar-refractivity contribution in [2.75, 3.05) is 18.5 Å². The van der Waals surface area contributed by atoms with Crippen molar-refractivity contribution in [3.63, 3.8) is 0 Å². The van der Waals surface area contributed by atoms with Gasteiger partial charge in [-0.25, -0.2) is 0 Å². The fourth-order valence-corrected chi connectivity index (χ4v) is 3.30. The van der Waals surface area contributed by atoms with Crippen molar-refractivity contribution in [1.29, 1.82) is 0 Å². The smallest absolute Gasteiger partial charge is 0.311 e. The zero-order valence-corrected chi connectivity index (χ0v) is 18.5. The van der Waals surface area contributed by atoms with E-state index in [1.807, 2.05) is 19.1 Å². The van der Waals surface area contributed by atoms with Gasteiger partial charge < -0.3 is 10.1 Å². The van der Waals surface area contributed by atoms with Gasteiger partial charge in [0.25, 0.3) is 11.8 Å². The summed E-state index contributed by atoms with van der Waals surface area (Å²) in [6.45, 7) is 1.57. The number of nitrogens with one attached hydrogen (secondary N) is 2. The predicted molar refractivity (Wildman–Crippen MR) is 117 cm³/mol. The summed E-state index contributed by atoms with van der Waals surface area (Å²) in [5.41, 5.74) is 4.63. The Morgan fingerprint density at radius 3 is 2.42 bits per heavy atom. The molecule has 0 radical (unpaired) electrons. The summed E-state index contributed by atoms with van der Waals surface area (Å²) in [5, 5.41) is 3.75. The number of nitrogens with zero attached hydrogens (tertiary/aromatic N) is 1. The molecule has 3 rings (SSSR count). The molecule has 1 heterocycles. The maximum absolute atomic E-state index is 12.3. The number of esters is 1. The number of amides is 3. The number of carbonyl (C=O) groups is 4. The van der Waals surface area contributed by atoms with Crippen LogP contribution in [0.2, 0.25) is 0 Å². The molecule has 0 bridgehead atoms. The number of carbonyl (C=O) groups excluding carboxylic acids is 4. The first kappa shape index (κ1) is 22.5. The van der Waals surface area contributed by atoms with Crippen LogP contribution in [-0.4, -0.2) is 41.9 Å². The van der Waals surface area contributed by atoms with Crippen LogP contribution in [0.3, 0.4) is 0 Å². The number of aryl methyl sites for hydroxylation is 1. The molecule has 31 heavy (non-hydrogen) atoms. The van der Waals surface area contributed by atoms with Gasteiger partial charge >= 0.3 is 5.97 Å². The Bertz CT molecular complexity index is 976. The number of hydrazine groups is 1. The van der Waals surface area contributed by atoms with E-state index in [0.717, 1.165) is 21.5 Å². The summed E-state index contributed by atoms with van der Waals surface area (Å²) < 4.78 is 5.88. The molecular formula is C22H22BrN3O5. The zero-order valence-electron chi connectivity index (χ0n) is 16.9. The summed E-state index contributed by atoms with van der Waals surface area (Å²) in [4.78, 5) is 48.7. The molecule has 1 fully saturated rings. The molecule has 2 aromatic rings. The lowest BCUT2D eigenvalue weighted by Crippen LogP contribution is -2.43. The monoisotopic (exact) mass is 487 g/mol. The van der Waals surface area contributed by atoms with Gasteiger partial charge in [0.1, 0.15) is 0 Å². The summed E-state index contributed by atoms with van der Waals surface area (Å²) in [7, 11) is 0. The van der Waals surface area contributed by atoms with Crippen LogP contribution in [-0.2, 0) is 25.5 Å². The number of rotatable bonds is 7. The van der Waals surface area contributed by atoms with Gasteiger partial charge in [0.15, 0.2) is 6.61 Å². The summed E-state index contributed by atoms with van der Waals surface area (Å²) in [5.74, 6) is -2.74. The van der Waals surface area contributed by atoms with Crippen LogP contribution in [0, 0.1) is 5.92 Å². The second kappa shape index (κ2) is 10.2. The van der Waals surface area contributed by atoms with Crippen molar-refractivity contribution < 1.29 is 23.9 Å². The van der Waals surface area contributed by atoms with E-state index in [4.69, 9.17) is 4.74 Å². The number of hydrogen-bond acceptors (Lipinski definition) is 5. The molecule has 3 amide bonds. The van der Waals surface area contributed by atoms with Crippen LogP contribution in [0.5, 0.6) is 0 Å². The van der Waals surface area contributed by atoms with Gasteiger partial charge in [-0.15, -0.1) is 0 Å². The predicted octanol–water partition coefficient (Wildman–Crippen LogP) is 2.69. The Balaban J connectivity index is 1.46.